The number of rotatable bonds is 3. The van der Waals surface area contributed by atoms with E-state index >= 15 is 0 Å². The zero-order chi connectivity index (χ0) is 16.6. The molecule has 23 heavy (non-hydrogen) atoms. The Balaban J connectivity index is 1.94. The molecule has 1 aromatic heterocycles. The van der Waals surface area contributed by atoms with E-state index in [4.69, 9.17) is 11.8 Å². The quantitative estimate of drug-likeness (QED) is 0.389. The summed E-state index contributed by atoms with van der Waals surface area (Å²) in [5, 5.41) is 11.5. The zero-order valence-corrected chi connectivity index (χ0v) is 13.0. The van der Waals surface area contributed by atoms with Crippen LogP contribution in [0.4, 0.5) is 15.8 Å². The van der Waals surface area contributed by atoms with Crippen molar-refractivity contribution in [2.75, 3.05) is 4.42 Å². The van der Waals surface area contributed by atoms with Gasteiger partial charge in [-0.3, -0.25) is 14.9 Å². The van der Waals surface area contributed by atoms with Gasteiger partial charge in [-0.1, -0.05) is 18.2 Å². The molecule has 3 rings (SSSR count). The Bertz CT molecular complexity index is 895. The molecule has 1 amide bonds. The van der Waals surface area contributed by atoms with Crippen molar-refractivity contribution in [2.24, 2.45) is 0 Å². The van der Waals surface area contributed by atoms with Crippen LogP contribution in [0.2, 0.25) is 0 Å². The normalized spacial score (nSPS) is 10.7. The van der Waals surface area contributed by atoms with Crippen LogP contribution in [0.3, 0.4) is 0 Å². The Kier molecular flexibility index (Phi) is 3.97. The molecule has 0 spiro atoms. The number of benzene rings is 2. The lowest BCUT2D eigenvalue weighted by Gasteiger charge is -2.13. The van der Waals surface area contributed by atoms with Crippen LogP contribution in [0.15, 0.2) is 48.5 Å². The number of hydrogen-bond acceptors (Lipinski definition) is 4. The van der Waals surface area contributed by atoms with Crippen molar-refractivity contribution in [2.45, 2.75) is 0 Å². The molecule has 116 valence electrons. The summed E-state index contributed by atoms with van der Waals surface area (Å²) in [4.78, 5) is 22.6. The molecule has 0 bridgehead atoms. The summed E-state index contributed by atoms with van der Waals surface area (Å²) >= 11 is 7.17. The number of nitro groups is 1. The number of carbonyl (C=O) groups is 1. The smallest absolute Gasteiger partial charge is 0.266 e. The van der Waals surface area contributed by atoms with Crippen molar-refractivity contribution in [3.05, 3.63) is 69.3 Å². The highest BCUT2D eigenvalue weighted by molar-refractivity contribution is 7.21. The number of nitrogens with zero attached hydrogens (tertiary/aromatic N) is 2. The molecular weight excluding hydrogens is 343 g/mol. The fraction of sp³-hybridized carbons (Fsp3) is 0. The summed E-state index contributed by atoms with van der Waals surface area (Å²) in [7, 11) is 0. The molecule has 0 aliphatic heterocycles. The number of nitro benzene ring substituents is 1. The van der Waals surface area contributed by atoms with Crippen molar-refractivity contribution in [1.82, 2.24) is 0 Å². The Morgan fingerprint density at radius 2 is 1.96 bits per heavy atom. The maximum Gasteiger partial charge on any atom is 0.283 e. The number of non-ortho nitro benzene ring substituents is 1. The van der Waals surface area contributed by atoms with E-state index in [2.05, 4.69) is 0 Å². The Morgan fingerprint density at radius 3 is 2.61 bits per heavy atom. The van der Waals surface area contributed by atoms with Gasteiger partial charge in [0, 0.05) is 22.5 Å². The van der Waals surface area contributed by atoms with E-state index in [0.29, 0.717) is 9.30 Å². The van der Waals surface area contributed by atoms with Crippen LogP contribution in [0.5, 0.6) is 0 Å². The average molecular weight is 351 g/mol. The second-order valence-corrected chi connectivity index (χ2v) is 6.05. The van der Waals surface area contributed by atoms with E-state index in [1.54, 1.807) is 6.07 Å². The van der Waals surface area contributed by atoms with E-state index in [-0.39, 0.29) is 5.69 Å². The van der Waals surface area contributed by atoms with E-state index in [0.717, 1.165) is 28.3 Å². The average Bonchev–Trinajstić information content (AvgIpc) is 2.97. The minimum Gasteiger partial charge on any atom is -0.266 e. The topological polar surface area (TPSA) is 63.5 Å². The van der Waals surface area contributed by atoms with Crippen LogP contribution < -0.4 is 4.42 Å². The molecule has 3 aromatic rings. The first-order valence-corrected chi connectivity index (χ1v) is 7.55. The third kappa shape index (κ3) is 2.88. The first-order valence-electron chi connectivity index (χ1n) is 6.40. The number of thiophene rings is 1. The number of halogens is 2. The van der Waals surface area contributed by atoms with Crippen LogP contribution in [-0.4, -0.2) is 10.8 Å². The minimum absolute atomic E-state index is 0.236. The number of amides is 1. The lowest BCUT2D eigenvalue weighted by Crippen LogP contribution is -2.20. The summed E-state index contributed by atoms with van der Waals surface area (Å²) < 4.78 is 15.5. The molecule has 0 saturated heterocycles. The van der Waals surface area contributed by atoms with Gasteiger partial charge in [-0.25, -0.2) is 8.81 Å². The standard InChI is InChI=1S/C15H8ClFN2O3S/c16-18(12-6-5-10(19(21)22)8-11(12)17)15(20)14-7-9-3-1-2-4-13(9)23-14/h1-8H. The van der Waals surface area contributed by atoms with Gasteiger partial charge in [-0.15, -0.1) is 11.3 Å². The molecule has 5 nitrogen and oxygen atoms in total. The molecular formula is C15H8ClFN2O3S. The highest BCUT2D eigenvalue weighted by atomic mass is 35.5. The van der Waals surface area contributed by atoms with Crippen molar-refractivity contribution in [1.29, 1.82) is 0 Å². The number of anilines is 1. The first-order chi connectivity index (χ1) is 11.0. The van der Waals surface area contributed by atoms with Gasteiger partial charge in [0.15, 0.2) is 5.82 Å². The van der Waals surface area contributed by atoms with Crippen LogP contribution in [0.1, 0.15) is 9.67 Å². The highest BCUT2D eigenvalue weighted by Crippen LogP contribution is 2.31. The molecule has 0 saturated carbocycles. The highest BCUT2D eigenvalue weighted by Gasteiger charge is 2.22. The summed E-state index contributed by atoms with van der Waals surface area (Å²) in [6.45, 7) is 0. The van der Waals surface area contributed by atoms with Crippen molar-refractivity contribution in [3.8, 4) is 0 Å². The van der Waals surface area contributed by atoms with E-state index < -0.39 is 22.3 Å². The Hall–Kier alpha value is -2.51. The van der Waals surface area contributed by atoms with E-state index in [9.17, 15) is 19.3 Å². The van der Waals surface area contributed by atoms with Gasteiger partial charge < -0.3 is 0 Å². The van der Waals surface area contributed by atoms with E-state index in [1.807, 2.05) is 24.3 Å². The molecule has 0 aliphatic rings. The molecule has 0 radical (unpaired) electrons. The monoisotopic (exact) mass is 350 g/mol. The van der Waals surface area contributed by atoms with Gasteiger partial charge in [0.2, 0.25) is 0 Å². The van der Waals surface area contributed by atoms with Gasteiger partial charge in [-0.05, 0) is 23.6 Å². The molecule has 0 fully saturated rings. The van der Waals surface area contributed by atoms with Crippen molar-refractivity contribution < 1.29 is 14.1 Å². The van der Waals surface area contributed by atoms with E-state index in [1.165, 1.54) is 11.3 Å². The fourth-order valence-corrected chi connectivity index (χ4v) is 3.33. The predicted molar refractivity (Wildman–Crippen MR) is 87.5 cm³/mol. The number of fused-ring (bicyclic) bond motifs is 1. The van der Waals surface area contributed by atoms with Gasteiger partial charge >= 0.3 is 0 Å². The third-order valence-corrected chi connectivity index (χ3v) is 4.61. The van der Waals surface area contributed by atoms with Crippen LogP contribution in [-0.2, 0) is 0 Å². The maximum absolute atomic E-state index is 14.0. The Labute approximate surface area is 138 Å². The van der Waals surface area contributed by atoms with Crippen LogP contribution >= 0.6 is 23.1 Å². The predicted octanol–water partition coefficient (Wildman–Crippen LogP) is 4.75. The lowest BCUT2D eigenvalue weighted by molar-refractivity contribution is -0.385. The largest absolute Gasteiger partial charge is 0.283 e. The molecule has 1 heterocycles. The lowest BCUT2D eigenvalue weighted by atomic mass is 10.2. The number of hydrogen-bond donors (Lipinski definition) is 0. The van der Waals surface area contributed by atoms with Crippen molar-refractivity contribution >= 4 is 50.5 Å². The molecule has 0 atom stereocenters. The Morgan fingerprint density at radius 1 is 1.22 bits per heavy atom. The minimum atomic E-state index is -0.941. The van der Waals surface area contributed by atoms with Gasteiger partial charge in [0.1, 0.15) is 0 Å². The van der Waals surface area contributed by atoms with Crippen LogP contribution in [0, 0.1) is 15.9 Å². The maximum atomic E-state index is 14.0. The molecule has 0 unspecified atom stereocenters. The SMILES string of the molecule is O=C(c1cc2ccccc2s1)N(Cl)c1ccc([N+](=O)[O-])cc1F. The summed E-state index contributed by atoms with van der Waals surface area (Å²) in [5.74, 6) is -1.54. The van der Waals surface area contributed by atoms with Gasteiger partial charge in [0.25, 0.3) is 11.6 Å². The molecule has 0 aliphatic carbocycles. The summed E-state index contributed by atoms with van der Waals surface area (Å²) in [6.07, 6.45) is 0. The first kappa shape index (κ1) is 15.4. The second kappa shape index (κ2) is 5.94. The fourth-order valence-electron chi connectivity index (χ4n) is 2.06. The molecule has 8 heteroatoms. The zero-order valence-electron chi connectivity index (χ0n) is 11.4. The third-order valence-electron chi connectivity index (χ3n) is 3.17. The van der Waals surface area contributed by atoms with Gasteiger partial charge in [0.05, 0.1) is 21.6 Å². The second-order valence-electron chi connectivity index (χ2n) is 4.63. The van der Waals surface area contributed by atoms with Crippen molar-refractivity contribution in [3.63, 3.8) is 0 Å². The molecule has 0 N–H and O–H groups in total. The summed E-state index contributed by atoms with van der Waals surface area (Å²) in [6, 6.07) is 12.0. The summed E-state index contributed by atoms with van der Waals surface area (Å²) in [5.41, 5.74) is -0.648. The molecule has 2 aromatic carbocycles. The van der Waals surface area contributed by atoms with Crippen LogP contribution in [0.25, 0.3) is 10.1 Å². The van der Waals surface area contributed by atoms with Gasteiger partial charge in [-0.2, -0.15) is 0 Å². The number of carbonyl (C=O) groups excluding carboxylic acids is 1.